The molecule has 1 heterocycles. The Morgan fingerprint density at radius 2 is 2.09 bits per heavy atom. The van der Waals surface area contributed by atoms with Crippen molar-refractivity contribution in [3.8, 4) is 0 Å². The average molecular weight is 362 g/mol. The van der Waals surface area contributed by atoms with E-state index in [9.17, 15) is 13.2 Å². The summed E-state index contributed by atoms with van der Waals surface area (Å²) in [5, 5.41) is 3.23. The Morgan fingerprint density at radius 1 is 1.39 bits per heavy atom. The van der Waals surface area contributed by atoms with E-state index in [1.165, 1.54) is 12.1 Å². The molecule has 2 rings (SSSR count). The lowest BCUT2D eigenvalue weighted by atomic mass is 10.1. The van der Waals surface area contributed by atoms with E-state index in [1.54, 1.807) is 30.9 Å². The molecule has 0 spiro atoms. The summed E-state index contributed by atoms with van der Waals surface area (Å²) in [6.45, 7) is 7.62. The van der Waals surface area contributed by atoms with Crippen LogP contribution in [0.3, 0.4) is 0 Å². The molecule has 1 fully saturated rings. The van der Waals surface area contributed by atoms with Gasteiger partial charge in [-0.2, -0.15) is 0 Å². The first-order valence-electron chi connectivity index (χ1n) is 7.45. The van der Waals surface area contributed by atoms with Gasteiger partial charge in [-0.15, -0.1) is 12.4 Å². The fourth-order valence-electron chi connectivity index (χ4n) is 2.48. The first-order chi connectivity index (χ1) is 10.3. The summed E-state index contributed by atoms with van der Waals surface area (Å²) in [4.78, 5) is 14.5. The summed E-state index contributed by atoms with van der Waals surface area (Å²) in [5.41, 5.74) is 0.403. The number of nitrogens with one attached hydrogen (secondary N) is 2. The lowest BCUT2D eigenvalue weighted by Crippen LogP contribution is -2.52. The van der Waals surface area contributed by atoms with E-state index >= 15 is 0 Å². The van der Waals surface area contributed by atoms with Gasteiger partial charge in [0.25, 0.3) is 5.91 Å². The number of benzene rings is 1. The normalized spacial score (nSPS) is 18.6. The molecule has 1 unspecified atom stereocenters. The van der Waals surface area contributed by atoms with Crippen LogP contribution in [0.25, 0.3) is 0 Å². The van der Waals surface area contributed by atoms with E-state index in [4.69, 9.17) is 0 Å². The third-order valence-electron chi connectivity index (χ3n) is 3.54. The molecule has 1 aliphatic rings. The topological polar surface area (TPSA) is 78.5 Å². The zero-order valence-corrected chi connectivity index (χ0v) is 15.2. The van der Waals surface area contributed by atoms with Gasteiger partial charge in [0.2, 0.25) is 10.0 Å². The number of piperazine rings is 1. The molecule has 0 saturated carbocycles. The van der Waals surface area contributed by atoms with Crippen molar-refractivity contribution in [2.45, 2.75) is 37.8 Å². The molecule has 130 valence electrons. The summed E-state index contributed by atoms with van der Waals surface area (Å²) < 4.78 is 27.0. The van der Waals surface area contributed by atoms with Crippen LogP contribution in [0, 0.1) is 0 Å². The van der Waals surface area contributed by atoms with Gasteiger partial charge in [-0.05, 0) is 39.0 Å². The number of carbonyl (C=O) groups excluding carboxylic acids is 1. The number of sulfonamides is 1. The van der Waals surface area contributed by atoms with Crippen molar-refractivity contribution in [3.63, 3.8) is 0 Å². The molecule has 1 aliphatic heterocycles. The van der Waals surface area contributed by atoms with Crippen LogP contribution < -0.4 is 10.0 Å². The maximum atomic E-state index is 12.6. The molecular formula is C15H24ClN3O3S. The lowest BCUT2D eigenvalue weighted by molar-refractivity contribution is 0.0655. The molecule has 0 aliphatic carbocycles. The SMILES string of the molecule is CC(C)NS(=O)(=O)c1cccc(C(=O)N2CCNCC2C)c1.Cl. The van der Waals surface area contributed by atoms with E-state index < -0.39 is 10.0 Å². The predicted molar refractivity (Wildman–Crippen MR) is 92.5 cm³/mol. The van der Waals surface area contributed by atoms with Crippen molar-refractivity contribution in [1.82, 2.24) is 14.9 Å². The smallest absolute Gasteiger partial charge is 0.254 e. The van der Waals surface area contributed by atoms with Gasteiger partial charge in [0.05, 0.1) is 4.90 Å². The summed E-state index contributed by atoms with van der Waals surface area (Å²) in [6, 6.07) is 6.11. The quantitative estimate of drug-likeness (QED) is 0.845. The molecule has 1 saturated heterocycles. The molecular weight excluding hydrogens is 338 g/mol. The maximum Gasteiger partial charge on any atom is 0.254 e. The molecule has 0 radical (unpaired) electrons. The van der Waals surface area contributed by atoms with Crippen molar-refractivity contribution < 1.29 is 13.2 Å². The second kappa shape index (κ2) is 8.10. The second-order valence-corrected chi connectivity index (χ2v) is 7.57. The number of halogens is 1. The fraction of sp³-hybridized carbons (Fsp3) is 0.533. The van der Waals surface area contributed by atoms with Crippen LogP contribution in [-0.2, 0) is 10.0 Å². The third-order valence-corrected chi connectivity index (χ3v) is 5.20. The summed E-state index contributed by atoms with van der Waals surface area (Å²) in [7, 11) is -3.59. The Morgan fingerprint density at radius 3 is 2.70 bits per heavy atom. The van der Waals surface area contributed by atoms with Crippen molar-refractivity contribution >= 4 is 28.3 Å². The Balaban J connectivity index is 0.00000264. The highest BCUT2D eigenvalue weighted by atomic mass is 35.5. The van der Waals surface area contributed by atoms with Crippen molar-refractivity contribution in [3.05, 3.63) is 29.8 Å². The number of hydrogen-bond acceptors (Lipinski definition) is 4. The lowest BCUT2D eigenvalue weighted by Gasteiger charge is -2.34. The van der Waals surface area contributed by atoms with E-state index in [0.29, 0.717) is 12.1 Å². The van der Waals surface area contributed by atoms with E-state index in [-0.39, 0.29) is 35.3 Å². The number of nitrogens with zero attached hydrogens (tertiary/aromatic N) is 1. The minimum absolute atomic E-state index is 0. The van der Waals surface area contributed by atoms with Crippen LogP contribution in [0.4, 0.5) is 0 Å². The van der Waals surface area contributed by atoms with Crippen molar-refractivity contribution in [2.24, 2.45) is 0 Å². The van der Waals surface area contributed by atoms with Gasteiger partial charge < -0.3 is 10.2 Å². The van der Waals surface area contributed by atoms with Gasteiger partial charge in [0.1, 0.15) is 0 Å². The van der Waals surface area contributed by atoms with Gasteiger partial charge in [-0.25, -0.2) is 13.1 Å². The number of carbonyl (C=O) groups is 1. The monoisotopic (exact) mass is 361 g/mol. The van der Waals surface area contributed by atoms with Crippen LogP contribution in [0.2, 0.25) is 0 Å². The molecule has 1 amide bonds. The number of amides is 1. The second-order valence-electron chi connectivity index (χ2n) is 5.86. The van der Waals surface area contributed by atoms with Gasteiger partial charge >= 0.3 is 0 Å². The minimum Gasteiger partial charge on any atom is -0.333 e. The van der Waals surface area contributed by atoms with Gasteiger partial charge in [-0.3, -0.25) is 4.79 Å². The standard InChI is InChI=1S/C15H23N3O3S.ClH/c1-11(2)17-22(20,21)14-6-4-5-13(9-14)15(19)18-8-7-16-10-12(18)3;/h4-6,9,11-12,16-17H,7-8,10H2,1-3H3;1H. The van der Waals surface area contributed by atoms with Crippen LogP contribution in [0.15, 0.2) is 29.2 Å². The summed E-state index contributed by atoms with van der Waals surface area (Å²) >= 11 is 0. The molecule has 8 heteroatoms. The average Bonchev–Trinajstić information content (AvgIpc) is 2.46. The first kappa shape index (κ1) is 19.9. The zero-order valence-electron chi connectivity index (χ0n) is 13.6. The highest BCUT2D eigenvalue weighted by molar-refractivity contribution is 7.89. The molecule has 1 atom stereocenters. The summed E-state index contributed by atoms with van der Waals surface area (Å²) in [6.07, 6.45) is 0. The molecule has 0 aromatic heterocycles. The summed E-state index contributed by atoms with van der Waals surface area (Å²) in [5.74, 6) is -0.129. The number of hydrogen-bond donors (Lipinski definition) is 2. The van der Waals surface area contributed by atoms with E-state index in [1.807, 2.05) is 6.92 Å². The fourth-order valence-corrected chi connectivity index (χ4v) is 3.78. The Hall–Kier alpha value is -1.15. The van der Waals surface area contributed by atoms with Crippen LogP contribution in [-0.4, -0.2) is 50.9 Å². The van der Waals surface area contributed by atoms with Crippen LogP contribution in [0.5, 0.6) is 0 Å². The molecule has 1 aromatic rings. The van der Waals surface area contributed by atoms with Gasteiger partial charge in [-0.1, -0.05) is 6.07 Å². The van der Waals surface area contributed by atoms with Crippen LogP contribution in [0.1, 0.15) is 31.1 Å². The van der Waals surface area contributed by atoms with Crippen molar-refractivity contribution in [2.75, 3.05) is 19.6 Å². The van der Waals surface area contributed by atoms with E-state index in [0.717, 1.165) is 13.1 Å². The van der Waals surface area contributed by atoms with Gasteiger partial charge in [0, 0.05) is 37.3 Å². The molecule has 2 N–H and O–H groups in total. The predicted octanol–water partition coefficient (Wildman–Crippen LogP) is 1.23. The zero-order chi connectivity index (χ0) is 16.3. The molecule has 23 heavy (non-hydrogen) atoms. The van der Waals surface area contributed by atoms with Gasteiger partial charge in [0.15, 0.2) is 0 Å². The minimum atomic E-state index is -3.59. The highest BCUT2D eigenvalue weighted by Crippen LogP contribution is 2.15. The molecule has 6 nitrogen and oxygen atoms in total. The van der Waals surface area contributed by atoms with Crippen LogP contribution >= 0.6 is 12.4 Å². The Kier molecular flexibility index (Phi) is 7.01. The molecule has 1 aromatic carbocycles. The third kappa shape index (κ3) is 4.91. The Bertz CT molecular complexity index is 649. The first-order valence-corrected chi connectivity index (χ1v) is 8.93. The molecule has 0 bridgehead atoms. The van der Waals surface area contributed by atoms with E-state index in [2.05, 4.69) is 10.0 Å². The highest BCUT2D eigenvalue weighted by Gasteiger charge is 2.25. The maximum absolute atomic E-state index is 12.6. The number of rotatable bonds is 4. The van der Waals surface area contributed by atoms with Crippen molar-refractivity contribution in [1.29, 1.82) is 0 Å². The largest absolute Gasteiger partial charge is 0.333 e. The Labute approximate surface area is 144 Å².